The Bertz CT molecular complexity index is 1090. The van der Waals surface area contributed by atoms with Gasteiger partial charge in [-0.2, -0.15) is 5.10 Å². The van der Waals surface area contributed by atoms with Crippen LogP contribution in [0, 0.1) is 11.2 Å². The van der Waals surface area contributed by atoms with Crippen LogP contribution in [0.25, 0.3) is 11.3 Å². The van der Waals surface area contributed by atoms with Crippen LogP contribution in [0.4, 0.5) is 4.39 Å². The van der Waals surface area contributed by atoms with Gasteiger partial charge in [-0.25, -0.2) is 4.39 Å². The van der Waals surface area contributed by atoms with E-state index >= 15 is 0 Å². The van der Waals surface area contributed by atoms with Crippen molar-refractivity contribution in [3.05, 3.63) is 62.7 Å². The number of carbonyl (C=O) groups excluding carboxylic acids is 1. The molecule has 0 spiro atoms. The maximum atomic E-state index is 13.4. The second-order valence-electron chi connectivity index (χ2n) is 6.89. The SMILES string of the molecule is N=C1CCn2ncc(Cl)c2-c2cc(C(=O)N[C@H](CN)Cc3cccc(F)c3)sc21. The summed E-state index contributed by atoms with van der Waals surface area (Å²) >= 11 is 7.57. The number of halogens is 2. The predicted octanol–water partition coefficient (Wildman–Crippen LogP) is 3.48. The first-order valence-electron chi connectivity index (χ1n) is 9.15. The van der Waals surface area contributed by atoms with Crippen molar-refractivity contribution < 1.29 is 9.18 Å². The Morgan fingerprint density at radius 1 is 1.45 bits per heavy atom. The van der Waals surface area contributed by atoms with E-state index < -0.39 is 0 Å². The smallest absolute Gasteiger partial charge is 0.261 e. The lowest BCUT2D eigenvalue weighted by atomic mass is 10.1. The number of fused-ring (bicyclic) bond motifs is 3. The molecule has 0 fully saturated rings. The Morgan fingerprint density at radius 3 is 3.03 bits per heavy atom. The van der Waals surface area contributed by atoms with Gasteiger partial charge in [-0.1, -0.05) is 23.7 Å². The van der Waals surface area contributed by atoms with Gasteiger partial charge in [0.2, 0.25) is 0 Å². The molecule has 6 nitrogen and oxygen atoms in total. The molecule has 0 saturated carbocycles. The number of nitrogens with two attached hydrogens (primary N) is 1. The number of aryl methyl sites for hydroxylation is 1. The molecule has 29 heavy (non-hydrogen) atoms. The van der Waals surface area contributed by atoms with Gasteiger partial charge in [-0.3, -0.25) is 9.48 Å². The molecule has 0 aliphatic carbocycles. The normalized spacial score (nSPS) is 14.1. The third-order valence-electron chi connectivity index (χ3n) is 4.84. The molecule has 9 heteroatoms. The lowest BCUT2D eigenvalue weighted by molar-refractivity contribution is 0.0942. The average Bonchev–Trinajstić information content (AvgIpc) is 3.26. The predicted molar refractivity (Wildman–Crippen MR) is 112 cm³/mol. The van der Waals surface area contributed by atoms with Crippen LogP contribution >= 0.6 is 22.9 Å². The van der Waals surface area contributed by atoms with Crippen molar-refractivity contribution in [2.24, 2.45) is 5.73 Å². The van der Waals surface area contributed by atoms with E-state index in [0.717, 1.165) is 21.7 Å². The first-order valence-corrected chi connectivity index (χ1v) is 10.3. The maximum absolute atomic E-state index is 13.4. The van der Waals surface area contributed by atoms with Crippen molar-refractivity contribution >= 4 is 34.6 Å². The third-order valence-corrected chi connectivity index (χ3v) is 6.31. The van der Waals surface area contributed by atoms with Crippen LogP contribution in [-0.2, 0) is 13.0 Å². The highest BCUT2D eigenvalue weighted by Crippen LogP contribution is 2.38. The van der Waals surface area contributed by atoms with Crippen molar-refractivity contribution in [3.63, 3.8) is 0 Å². The zero-order valence-corrected chi connectivity index (χ0v) is 17.0. The van der Waals surface area contributed by atoms with Crippen LogP contribution in [0.3, 0.4) is 0 Å². The highest BCUT2D eigenvalue weighted by Gasteiger charge is 2.26. The first kappa shape index (κ1) is 19.8. The molecule has 2 aromatic heterocycles. The van der Waals surface area contributed by atoms with E-state index in [4.69, 9.17) is 22.7 Å². The van der Waals surface area contributed by atoms with Crippen LogP contribution in [-0.4, -0.2) is 34.0 Å². The molecule has 3 aromatic rings. The fourth-order valence-corrected chi connectivity index (χ4v) is 4.71. The fraction of sp³-hybridized carbons (Fsp3) is 0.250. The molecule has 1 aliphatic rings. The molecule has 1 amide bonds. The average molecular weight is 432 g/mol. The van der Waals surface area contributed by atoms with E-state index in [1.54, 1.807) is 29.1 Å². The molecule has 1 aromatic carbocycles. The Balaban J connectivity index is 1.58. The van der Waals surface area contributed by atoms with E-state index in [1.807, 2.05) is 0 Å². The fourth-order valence-electron chi connectivity index (χ4n) is 3.43. The van der Waals surface area contributed by atoms with E-state index in [-0.39, 0.29) is 24.3 Å². The number of hydrogen-bond acceptors (Lipinski definition) is 5. The zero-order chi connectivity index (χ0) is 20.5. The Hall–Kier alpha value is -2.55. The Labute approximate surface area is 176 Å². The summed E-state index contributed by atoms with van der Waals surface area (Å²) in [6.45, 7) is 0.800. The number of carbonyl (C=O) groups is 1. The molecule has 150 valence electrons. The quantitative estimate of drug-likeness (QED) is 0.577. The van der Waals surface area contributed by atoms with Gasteiger partial charge in [0, 0.05) is 31.1 Å². The monoisotopic (exact) mass is 431 g/mol. The minimum atomic E-state index is -0.334. The van der Waals surface area contributed by atoms with Gasteiger partial charge < -0.3 is 16.5 Å². The van der Waals surface area contributed by atoms with Crippen molar-refractivity contribution in [2.45, 2.75) is 25.4 Å². The summed E-state index contributed by atoms with van der Waals surface area (Å²) in [5.41, 5.74) is 8.53. The molecular formula is C20H19ClFN5OS. The van der Waals surface area contributed by atoms with Gasteiger partial charge in [-0.15, -0.1) is 11.3 Å². The molecule has 0 bridgehead atoms. The van der Waals surface area contributed by atoms with Crippen molar-refractivity contribution in [3.8, 4) is 11.3 Å². The lowest BCUT2D eigenvalue weighted by Crippen LogP contribution is -2.41. The molecule has 1 aliphatic heterocycles. The molecule has 4 rings (SSSR count). The van der Waals surface area contributed by atoms with E-state index in [1.165, 1.54) is 23.5 Å². The molecule has 3 heterocycles. The van der Waals surface area contributed by atoms with Gasteiger partial charge in [0.05, 0.1) is 32.4 Å². The minimum absolute atomic E-state index is 0.224. The number of nitrogens with one attached hydrogen (secondary N) is 2. The van der Waals surface area contributed by atoms with Gasteiger partial charge in [-0.05, 0) is 30.2 Å². The first-order chi connectivity index (χ1) is 14.0. The molecule has 4 N–H and O–H groups in total. The highest BCUT2D eigenvalue weighted by atomic mass is 35.5. The van der Waals surface area contributed by atoms with Crippen LogP contribution in [0.15, 0.2) is 36.5 Å². The largest absolute Gasteiger partial charge is 0.347 e. The summed E-state index contributed by atoms with van der Waals surface area (Å²) in [7, 11) is 0. The number of benzene rings is 1. The van der Waals surface area contributed by atoms with Gasteiger partial charge >= 0.3 is 0 Å². The Morgan fingerprint density at radius 2 is 2.28 bits per heavy atom. The molecule has 0 unspecified atom stereocenters. The number of amides is 1. The third kappa shape index (κ3) is 3.96. The summed E-state index contributed by atoms with van der Waals surface area (Å²) in [5, 5.41) is 16.0. The minimum Gasteiger partial charge on any atom is -0.347 e. The van der Waals surface area contributed by atoms with Gasteiger partial charge in [0.1, 0.15) is 5.82 Å². The van der Waals surface area contributed by atoms with E-state index in [0.29, 0.717) is 35.0 Å². The second-order valence-corrected chi connectivity index (χ2v) is 8.35. The molecule has 1 atom stereocenters. The van der Waals surface area contributed by atoms with Crippen LogP contribution in [0.5, 0.6) is 0 Å². The molecule has 0 radical (unpaired) electrons. The number of hydrogen-bond donors (Lipinski definition) is 3. The van der Waals surface area contributed by atoms with Crippen LogP contribution in [0.2, 0.25) is 5.02 Å². The highest BCUT2D eigenvalue weighted by molar-refractivity contribution is 7.16. The van der Waals surface area contributed by atoms with Crippen molar-refractivity contribution in [1.82, 2.24) is 15.1 Å². The molecular weight excluding hydrogens is 413 g/mol. The van der Waals surface area contributed by atoms with Crippen LogP contribution in [0.1, 0.15) is 26.5 Å². The van der Waals surface area contributed by atoms with Crippen molar-refractivity contribution in [2.75, 3.05) is 6.54 Å². The second kappa shape index (κ2) is 8.06. The zero-order valence-electron chi connectivity index (χ0n) is 15.4. The van der Waals surface area contributed by atoms with E-state index in [9.17, 15) is 9.18 Å². The van der Waals surface area contributed by atoms with Crippen molar-refractivity contribution in [1.29, 1.82) is 5.41 Å². The molecule has 0 saturated heterocycles. The van der Waals surface area contributed by atoms with Gasteiger partial charge in [0.15, 0.2) is 0 Å². The number of thiophene rings is 1. The Kier molecular flexibility index (Phi) is 5.49. The standard InChI is InChI=1S/C20H19ClFN5OS/c21-15-10-25-27-5-4-16(24)19-14(18(15)27)8-17(29-19)20(28)26-13(9-23)7-11-2-1-3-12(22)6-11/h1-3,6,8,10,13,24H,4-5,7,9,23H2,(H,26,28)/t13-/m0/s1. The van der Waals surface area contributed by atoms with E-state index in [2.05, 4.69) is 10.4 Å². The number of aromatic nitrogens is 2. The summed E-state index contributed by atoms with van der Waals surface area (Å²) in [6, 6.07) is 7.67. The number of rotatable bonds is 5. The summed E-state index contributed by atoms with van der Waals surface area (Å²) in [5.74, 6) is -0.594. The summed E-state index contributed by atoms with van der Waals surface area (Å²) in [6.07, 6.45) is 2.53. The summed E-state index contributed by atoms with van der Waals surface area (Å²) in [4.78, 5) is 14.1. The summed E-state index contributed by atoms with van der Waals surface area (Å²) < 4.78 is 15.2. The van der Waals surface area contributed by atoms with Crippen LogP contribution < -0.4 is 11.1 Å². The maximum Gasteiger partial charge on any atom is 0.261 e. The number of nitrogens with zero attached hydrogens (tertiary/aromatic N) is 2. The van der Waals surface area contributed by atoms with Gasteiger partial charge in [0.25, 0.3) is 5.91 Å². The lowest BCUT2D eigenvalue weighted by Gasteiger charge is -2.16. The topological polar surface area (TPSA) is 96.8 Å².